The average Bonchev–Trinajstić information content (AvgIpc) is 3.58. The first-order chi connectivity index (χ1) is 19.5. The third kappa shape index (κ3) is 5.14. The minimum atomic E-state index is -0.241. The fourth-order valence-electron chi connectivity index (χ4n) is 6.42. The number of hydrogen-bond acceptors (Lipinski definition) is 4. The number of halogens is 1. The Morgan fingerprint density at radius 2 is 1.90 bits per heavy atom. The molecule has 3 aromatic rings. The molecule has 6 rings (SSSR count). The van der Waals surface area contributed by atoms with Gasteiger partial charge in [0.05, 0.1) is 31.0 Å². The average molecular weight is 536 g/mol. The zero-order valence-electron chi connectivity index (χ0n) is 22.9. The van der Waals surface area contributed by atoms with Crippen LogP contribution in [-0.4, -0.2) is 13.0 Å². The number of carbonyl (C=O) groups is 1. The largest absolute Gasteiger partial charge is 0.497 e. The van der Waals surface area contributed by atoms with Crippen LogP contribution < -0.4 is 20.5 Å². The van der Waals surface area contributed by atoms with Crippen LogP contribution in [0, 0.1) is 17.7 Å². The van der Waals surface area contributed by atoms with Gasteiger partial charge in [0, 0.05) is 17.7 Å². The quantitative estimate of drug-likeness (QED) is 0.334. The van der Waals surface area contributed by atoms with Crippen molar-refractivity contribution in [2.24, 2.45) is 11.8 Å². The number of amides is 1. The Morgan fingerprint density at radius 1 is 1.10 bits per heavy atom. The van der Waals surface area contributed by atoms with Crippen molar-refractivity contribution in [3.8, 4) is 5.75 Å². The van der Waals surface area contributed by atoms with E-state index >= 15 is 0 Å². The highest BCUT2D eigenvalue weighted by Crippen LogP contribution is 2.49. The molecule has 0 saturated heterocycles. The van der Waals surface area contributed by atoms with E-state index in [2.05, 4.69) is 42.1 Å². The summed E-state index contributed by atoms with van der Waals surface area (Å²) in [6.07, 6.45) is 7.60. The van der Waals surface area contributed by atoms with Gasteiger partial charge in [-0.3, -0.25) is 9.80 Å². The number of rotatable bonds is 8. The second-order valence-electron chi connectivity index (χ2n) is 10.8. The number of nitrogens with zero attached hydrogens (tertiary/aromatic N) is 1. The van der Waals surface area contributed by atoms with E-state index in [1.165, 1.54) is 28.9 Å². The van der Waals surface area contributed by atoms with Gasteiger partial charge in [-0.25, -0.2) is 4.39 Å². The van der Waals surface area contributed by atoms with Crippen molar-refractivity contribution < 1.29 is 13.9 Å². The van der Waals surface area contributed by atoms with Crippen molar-refractivity contribution >= 4 is 11.6 Å². The highest BCUT2D eigenvalue weighted by molar-refractivity contribution is 5.79. The Hall–Kier alpha value is -4.32. The van der Waals surface area contributed by atoms with E-state index in [9.17, 15) is 9.18 Å². The fraction of sp³-hybridized carbons (Fsp3) is 0.265. The standard InChI is InChI=1S/C34H34FN3O2/c1-22-30-21-36-38(28-15-13-27(35)14-16-28)32(30)20-26-12-11-25(34(22)26)19-31(24-8-4-3-5-9-24)37-33(39)18-23-7-6-10-29(17-23)40-2/h3-10,13-17,20-22,25,31,36H,11-12,18-19H2,1-2H3,(H,37,39)/t22-,25+,31?/m0/s1. The number of carbonyl (C=O) groups excluding carboxylic acids is 1. The van der Waals surface area contributed by atoms with Crippen LogP contribution in [0.4, 0.5) is 10.1 Å². The molecule has 1 unspecified atom stereocenters. The summed E-state index contributed by atoms with van der Waals surface area (Å²) in [4.78, 5) is 13.2. The van der Waals surface area contributed by atoms with Gasteiger partial charge >= 0.3 is 0 Å². The summed E-state index contributed by atoms with van der Waals surface area (Å²) in [5.41, 5.74) is 11.6. The van der Waals surface area contributed by atoms with Crippen molar-refractivity contribution in [1.29, 1.82) is 0 Å². The number of hydrazine groups is 1. The van der Waals surface area contributed by atoms with Crippen LogP contribution >= 0.6 is 0 Å². The first kappa shape index (κ1) is 25.9. The summed E-state index contributed by atoms with van der Waals surface area (Å²) < 4.78 is 18.9. The number of ether oxygens (including phenoxy) is 1. The van der Waals surface area contributed by atoms with Gasteiger partial charge in [0.15, 0.2) is 0 Å². The zero-order valence-corrected chi connectivity index (χ0v) is 22.9. The third-order valence-electron chi connectivity index (χ3n) is 8.34. The zero-order chi connectivity index (χ0) is 27.6. The van der Waals surface area contributed by atoms with E-state index in [4.69, 9.17) is 4.74 Å². The Bertz CT molecular complexity index is 1490. The summed E-state index contributed by atoms with van der Waals surface area (Å²) in [7, 11) is 1.64. The normalized spacial score (nSPS) is 20.2. The minimum absolute atomic E-state index is 0.00539. The smallest absolute Gasteiger partial charge is 0.224 e. The second kappa shape index (κ2) is 11.0. The van der Waals surface area contributed by atoms with E-state index in [1.807, 2.05) is 47.5 Å². The Kier molecular flexibility index (Phi) is 7.16. The summed E-state index contributed by atoms with van der Waals surface area (Å²) in [5, 5.41) is 5.39. The molecule has 0 fully saturated rings. The highest BCUT2D eigenvalue weighted by Gasteiger charge is 2.39. The molecule has 5 nitrogen and oxygen atoms in total. The number of fused-ring (bicyclic) bond motifs is 1. The van der Waals surface area contributed by atoms with Crippen LogP contribution in [0.3, 0.4) is 0 Å². The maximum Gasteiger partial charge on any atom is 0.224 e. The molecule has 0 spiro atoms. The number of allylic oxidation sites excluding steroid dienone is 4. The molecule has 1 amide bonds. The Morgan fingerprint density at radius 3 is 2.67 bits per heavy atom. The van der Waals surface area contributed by atoms with Gasteiger partial charge in [-0.2, -0.15) is 0 Å². The monoisotopic (exact) mass is 535 g/mol. The Labute approximate surface area is 235 Å². The lowest BCUT2D eigenvalue weighted by molar-refractivity contribution is -0.121. The number of benzene rings is 3. The summed E-state index contributed by atoms with van der Waals surface area (Å²) >= 11 is 0. The molecule has 1 heterocycles. The molecule has 1 aliphatic heterocycles. The maximum absolute atomic E-state index is 13.5. The van der Waals surface area contributed by atoms with Gasteiger partial charge in [0.1, 0.15) is 11.6 Å². The van der Waals surface area contributed by atoms with E-state index in [0.717, 1.165) is 47.5 Å². The highest BCUT2D eigenvalue weighted by atomic mass is 19.1. The SMILES string of the molecule is COc1cccc(CC(=O)NC(C[C@H]2CCC3=C2[C@@H](C)C2=CNN(c4ccc(F)cc4)C2=C3)c2ccccc2)c1. The van der Waals surface area contributed by atoms with Crippen molar-refractivity contribution in [3.05, 3.63) is 130 Å². The lowest BCUT2D eigenvalue weighted by atomic mass is 9.78. The lowest BCUT2D eigenvalue weighted by Gasteiger charge is -2.31. The minimum Gasteiger partial charge on any atom is -0.497 e. The second-order valence-corrected chi connectivity index (χ2v) is 10.8. The predicted octanol–water partition coefficient (Wildman–Crippen LogP) is 6.77. The summed E-state index contributed by atoms with van der Waals surface area (Å²) in [6.45, 7) is 2.28. The van der Waals surface area contributed by atoms with E-state index in [0.29, 0.717) is 12.3 Å². The number of hydrogen-bond donors (Lipinski definition) is 2. The summed E-state index contributed by atoms with van der Waals surface area (Å²) in [5.74, 6) is 1.14. The molecule has 3 atom stereocenters. The lowest BCUT2D eigenvalue weighted by Crippen LogP contribution is -2.32. The van der Waals surface area contributed by atoms with Crippen LogP contribution in [0.2, 0.25) is 0 Å². The Balaban J connectivity index is 1.23. The molecular weight excluding hydrogens is 501 g/mol. The van der Waals surface area contributed by atoms with E-state index in [1.54, 1.807) is 19.2 Å². The molecule has 204 valence electrons. The molecule has 0 bridgehead atoms. The van der Waals surface area contributed by atoms with Crippen LogP contribution in [0.5, 0.6) is 5.75 Å². The van der Waals surface area contributed by atoms with Crippen molar-refractivity contribution in [1.82, 2.24) is 10.7 Å². The van der Waals surface area contributed by atoms with Crippen molar-refractivity contribution in [2.45, 2.75) is 38.6 Å². The molecule has 40 heavy (non-hydrogen) atoms. The molecule has 0 saturated carbocycles. The molecule has 0 aromatic heterocycles. The van der Waals surface area contributed by atoms with Gasteiger partial charge in [0.2, 0.25) is 5.91 Å². The molecule has 0 radical (unpaired) electrons. The molecule has 3 aliphatic rings. The topological polar surface area (TPSA) is 53.6 Å². The van der Waals surface area contributed by atoms with Gasteiger partial charge in [0.25, 0.3) is 0 Å². The third-order valence-corrected chi connectivity index (χ3v) is 8.34. The molecule has 6 heteroatoms. The molecule has 2 aliphatic carbocycles. The van der Waals surface area contributed by atoms with Gasteiger partial charge < -0.3 is 15.5 Å². The van der Waals surface area contributed by atoms with E-state index < -0.39 is 0 Å². The summed E-state index contributed by atoms with van der Waals surface area (Å²) in [6, 6.07) is 24.5. The van der Waals surface area contributed by atoms with Crippen LogP contribution in [0.15, 0.2) is 114 Å². The van der Waals surface area contributed by atoms with Crippen LogP contribution in [-0.2, 0) is 11.2 Å². The van der Waals surface area contributed by atoms with Crippen LogP contribution in [0.1, 0.15) is 43.4 Å². The first-order valence-corrected chi connectivity index (χ1v) is 13.9. The predicted molar refractivity (Wildman–Crippen MR) is 156 cm³/mol. The van der Waals surface area contributed by atoms with Crippen molar-refractivity contribution in [3.63, 3.8) is 0 Å². The molecule has 2 N–H and O–H groups in total. The maximum atomic E-state index is 13.5. The number of methoxy groups -OCH3 is 1. The van der Waals surface area contributed by atoms with Gasteiger partial charge in [-0.05, 0) is 84.4 Å². The number of anilines is 1. The number of nitrogens with one attached hydrogen (secondary N) is 2. The van der Waals surface area contributed by atoms with Gasteiger partial charge in [-0.1, -0.05) is 55.0 Å². The molecular formula is C34H34FN3O2. The van der Waals surface area contributed by atoms with Gasteiger partial charge in [-0.15, -0.1) is 0 Å². The van der Waals surface area contributed by atoms with Crippen LogP contribution in [0.25, 0.3) is 0 Å². The fourth-order valence-corrected chi connectivity index (χ4v) is 6.42. The van der Waals surface area contributed by atoms with E-state index in [-0.39, 0.29) is 23.7 Å². The first-order valence-electron chi connectivity index (χ1n) is 13.9. The molecule has 3 aromatic carbocycles. The van der Waals surface area contributed by atoms with Crippen molar-refractivity contribution in [2.75, 3.05) is 12.1 Å².